The Morgan fingerprint density at radius 2 is 2.17 bits per heavy atom. The fraction of sp³-hybridized carbons (Fsp3) is 0.0769. The molecule has 5 heteroatoms. The summed E-state index contributed by atoms with van der Waals surface area (Å²) >= 11 is 4.90. The molecule has 1 heterocycles. The monoisotopic (exact) mass is 261 g/mol. The van der Waals surface area contributed by atoms with Crippen molar-refractivity contribution in [3.63, 3.8) is 0 Å². The van der Waals surface area contributed by atoms with Crippen LogP contribution < -0.4 is 11.1 Å². The highest BCUT2D eigenvalue weighted by atomic mass is 32.1. The first-order chi connectivity index (χ1) is 8.58. The zero-order valence-corrected chi connectivity index (χ0v) is 10.6. The molecule has 1 aromatic heterocycles. The van der Waals surface area contributed by atoms with E-state index in [2.05, 4.69) is 10.3 Å². The molecule has 0 radical (unpaired) electrons. The van der Waals surface area contributed by atoms with E-state index in [-0.39, 0.29) is 5.82 Å². The average molecular weight is 261 g/mol. The smallest absolute Gasteiger partial charge is 0.130 e. The van der Waals surface area contributed by atoms with Crippen LogP contribution in [0.4, 0.5) is 15.9 Å². The number of nitrogens with two attached hydrogens (primary N) is 1. The first-order valence-corrected chi connectivity index (χ1v) is 5.77. The van der Waals surface area contributed by atoms with E-state index in [1.165, 1.54) is 6.07 Å². The van der Waals surface area contributed by atoms with Crippen LogP contribution in [-0.4, -0.2) is 9.97 Å². The van der Waals surface area contributed by atoms with Gasteiger partial charge in [0.1, 0.15) is 16.6 Å². The number of hydrogen-bond donors (Lipinski definition) is 2. The molecule has 0 saturated heterocycles. The van der Waals surface area contributed by atoms with Crippen LogP contribution in [0.25, 0.3) is 0 Å². The zero-order valence-electron chi connectivity index (χ0n) is 9.77. The summed E-state index contributed by atoms with van der Waals surface area (Å²) in [5.74, 6) is 0.319. The highest BCUT2D eigenvalue weighted by Crippen LogP contribution is 2.21. The summed E-state index contributed by atoms with van der Waals surface area (Å²) < 4.78 is 13.4. The molecule has 1 aromatic carbocycles. The van der Waals surface area contributed by atoms with E-state index in [1.54, 1.807) is 37.4 Å². The molecule has 0 bridgehead atoms. The van der Waals surface area contributed by atoms with E-state index in [9.17, 15) is 4.39 Å². The predicted octanol–water partition coefficient (Wildman–Crippen LogP) is 2.91. The second-order valence-corrected chi connectivity index (χ2v) is 4.27. The van der Waals surface area contributed by atoms with Crippen LogP contribution in [0.15, 0.2) is 36.5 Å². The topological polar surface area (TPSA) is 50.9 Å². The van der Waals surface area contributed by atoms with E-state index in [1.807, 2.05) is 0 Å². The molecular formula is C13H12FN3S. The van der Waals surface area contributed by atoms with Gasteiger partial charge in [-0.1, -0.05) is 18.3 Å². The second kappa shape index (κ2) is 5.10. The molecule has 3 nitrogen and oxygen atoms in total. The Morgan fingerprint density at radius 3 is 2.89 bits per heavy atom. The summed E-state index contributed by atoms with van der Waals surface area (Å²) in [7, 11) is 0. The summed E-state index contributed by atoms with van der Waals surface area (Å²) in [5, 5.41) is 3.04. The largest absolute Gasteiger partial charge is 0.389 e. The minimum absolute atomic E-state index is 0.259. The Morgan fingerprint density at radius 1 is 1.39 bits per heavy atom. The second-order valence-electron chi connectivity index (χ2n) is 3.83. The fourth-order valence-electron chi connectivity index (χ4n) is 1.53. The zero-order chi connectivity index (χ0) is 13.1. The van der Waals surface area contributed by atoms with E-state index in [0.717, 1.165) is 5.56 Å². The first kappa shape index (κ1) is 12.4. The normalized spacial score (nSPS) is 10.1. The number of halogens is 1. The molecule has 0 aliphatic carbocycles. The number of nitrogens with one attached hydrogen (secondary N) is 1. The van der Waals surface area contributed by atoms with Crippen LogP contribution in [0.2, 0.25) is 0 Å². The maximum Gasteiger partial charge on any atom is 0.130 e. The van der Waals surface area contributed by atoms with Crippen LogP contribution in [0.3, 0.4) is 0 Å². The number of hydrogen-bond acceptors (Lipinski definition) is 3. The lowest BCUT2D eigenvalue weighted by Crippen LogP contribution is -2.10. The minimum atomic E-state index is -0.259. The van der Waals surface area contributed by atoms with Crippen molar-refractivity contribution in [2.75, 3.05) is 5.32 Å². The highest BCUT2D eigenvalue weighted by Gasteiger charge is 2.05. The van der Waals surface area contributed by atoms with Crippen molar-refractivity contribution >= 4 is 28.7 Å². The van der Waals surface area contributed by atoms with Crippen molar-refractivity contribution in [3.8, 4) is 0 Å². The number of rotatable bonds is 3. The van der Waals surface area contributed by atoms with Crippen molar-refractivity contribution < 1.29 is 4.39 Å². The molecule has 0 spiro atoms. The number of nitrogens with zero attached hydrogens (tertiary/aromatic N) is 1. The molecule has 0 unspecified atom stereocenters. The molecule has 0 amide bonds. The summed E-state index contributed by atoms with van der Waals surface area (Å²) in [6.07, 6.45) is 1.60. The van der Waals surface area contributed by atoms with Gasteiger partial charge >= 0.3 is 0 Å². The van der Waals surface area contributed by atoms with Crippen LogP contribution in [0, 0.1) is 12.7 Å². The molecule has 0 saturated carbocycles. The lowest BCUT2D eigenvalue weighted by Gasteiger charge is -2.10. The van der Waals surface area contributed by atoms with Crippen LogP contribution in [0.5, 0.6) is 0 Å². The molecule has 0 aliphatic heterocycles. The van der Waals surface area contributed by atoms with Crippen LogP contribution in [-0.2, 0) is 0 Å². The summed E-state index contributed by atoms with van der Waals surface area (Å²) in [4.78, 5) is 4.44. The number of anilines is 2. The molecular weight excluding hydrogens is 249 g/mol. The lowest BCUT2D eigenvalue weighted by atomic mass is 10.2. The Hall–Kier alpha value is -2.01. The third kappa shape index (κ3) is 2.62. The van der Waals surface area contributed by atoms with Gasteiger partial charge in [-0.05, 0) is 31.2 Å². The van der Waals surface area contributed by atoms with Gasteiger partial charge in [-0.2, -0.15) is 0 Å². The number of benzene rings is 1. The van der Waals surface area contributed by atoms with Crippen molar-refractivity contribution in [1.29, 1.82) is 0 Å². The Labute approximate surface area is 110 Å². The lowest BCUT2D eigenvalue weighted by molar-refractivity contribution is 0.619. The summed E-state index contributed by atoms with van der Waals surface area (Å²) in [6.45, 7) is 1.70. The molecule has 0 atom stereocenters. The highest BCUT2D eigenvalue weighted by molar-refractivity contribution is 7.80. The van der Waals surface area contributed by atoms with E-state index in [4.69, 9.17) is 18.0 Å². The SMILES string of the molecule is Cc1c(F)cccc1Nc1cc(C(N)=S)ccn1. The Kier molecular flexibility index (Phi) is 3.53. The standard InChI is InChI=1S/C13H12FN3S/c1-8-10(14)3-2-4-11(8)17-12-7-9(13(15)18)5-6-16-12/h2-7H,1H3,(H2,15,18)(H,16,17). The van der Waals surface area contributed by atoms with Crippen LogP contribution in [0.1, 0.15) is 11.1 Å². The van der Waals surface area contributed by atoms with Crippen LogP contribution >= 0.6 is 12.2 Å². The van der Waals surface area contributed by atoms with E-state index >= 15 is 0 Å². The minimum Gasteiger partial charge on any atom is -0.389 e. The van der Waals surface area contributed by atoms with Gasteiger partial charge < -0.3 is 11.1 Å². The van der Waals surface area contributed by atoms with Crippen molar-refractivity contribution in [2.24, 2.45) is 5.73 Å². The van der Waals surface area contributed by atoms with Gasteiger partial charge in [-0.3, -0.25) is 0 Å². The van der Waals surface area contributed by atoms with Crippen molar-refractivity contribution in [1.82, 2.24) is 4.98 Å². The summed E-state index contributed by atoms with van der Waals surface area (Å²) in [5.41, 5.74) is 7.48. The van der Waals surface area contributed by atoms with E-state index < -0.39 is 0 Å². The van der Waals surface area contributed by atoms with Gasteiger partial charge in [-0.25, -0.2) is 9.37 Å². The fourth-order valence-corrected chi connectivity index (χ4v) is 1.66. The summed E-state index contributed by atoms with van der Waals surface area (Å²) in [6, 6.07) is 8.30. The van der Waals surface area contributed by atoms with Gasteiger partial charge in [0, 0.05) is 23.0 Å². The van der Waals surface area contributed by atoms with E-state index in [0.29, 0.717) is 22.1 Å². The number of thiocarbonyl (C=S) groups is 1. The Balaban J connectivity index is 2.31. The maximum absolute atomic E-state index is 13.4. The van der Waals surface area contributed by atoms with Gasteiger partial charge in [0.2, 0.25) is 0 Å². The molecule has 92 valence electrons. The maximum atomic E-state index is 13.4. The molecule has 0 fully saturated rings. The quantitative estimate of drug-likeness (QED) is 0.834. The van der Waals surface area contributed by atoms with Crippen molar-refractivity contribution in [3.05, 3.63) is 53.5 Å². The van der Waals surface area contributed by atoms with Gasteiger partial charge in [0.05, 0.1) is 0 Å². The Bertz CT molecular complexity index is 599. The number of pyridine rings is 1. The van der Waals surface area contributed by atoms with Gasteiger partial charge in [0.15, 0.2) is 0 Å². The third-order valence-electron chi connectivity index (χ3n) is 2.57. The molecule has 2 aromatic rings. The molecule has 0 aliphatic rings. The van der Waals surface area contributed by atoms with Gasteiger partial charge in [0.25, 0.3) is 0 Å². The molecule has 3 N–H and O–H groups in total. The number of aromatic nitrogens is 1. The first-order valence-electron chi connectivity index (χ1n) is 5.36. The molecule has 2 rings (SSSR count). The molecule has 18 heavy (non-hydrogen) atoms. The average Bonchev–Trinajstić information content (AvgIpc) is 2.35. The van der Waals surface area contributed by atoms with Crippen molar-refractivity contribution in [2.45, 2.75) is 6.92 Å². The predicted molar refractivity (Wildman–Crippen MR) is 74.5 cm³/mol. The van der Waals surface area contributed by atoms with Gasteiger partial charge in [-0.15, -0.1) is 0 Å². The third-order valence-corrected chi connectivity index (χ3v) is 2.81.